The molecule has 0 aliphatic rings. The van der Waals surface area contributed by atoms with Gasteiger partial charge in [-0.25, -0.2) is 9.13 Å². The Labute approximate surface area is 537 Å². The summed E-state index contributed by atoms with van der Waals surface area (Å²) in [5, 5.41) is 10.6. The average Bonchev–Trinajstić information content (AvgIpc) is 3.59. The molecule has 0 heterocycles. The van der Waals surface area contributed by atoms with Gasteiger partial charge < -0.3 is 33.8 Å². The number of phosphoric ester groups is 2. The molecule has 0 amide bonds. The van der Waals surface area contributed by atoms with Crippen LogP contribution in [0, 0.1) is 17.8 Å². The summed E-state index contributed by atoms with van der Waals surface area (Å²) in [4.78, 5) is 72.5. The van der Waals surface area contributed by atoms with Crippen LogP contribution in [0.2, 0.25) is 0 Å². The molecule has 17 nitrogen and oxygen atoms in total. The van der Waals surface area contributed by atoms with E-state index in [-0.39, 0.29) is 25.7 Å². The lowest BCUT2D eigenvalue weighted by molar-refractivity contribution is -0.161. The van der Waals surface area contributed by atoms with Crippen molar-refractivity contribution in [1.29, 1.82) is 0 Å². The van der Waals surface area contributed by atoms with Crippen molar-refractivity contribution in [3.63, 3.8) is 0 Å². The van der Waals surface area contributed by atoms with Crippen LogP contribution in [0.3, 0.4) is 0 Å². The summed E-state index contributed by atoms with van der Waals surface area (Å²) in [7, 11) is -9.90. The molecule has 522 valence electrons. The first-order valence-electron chi connectivity index (χ1n) is 35.9. The Bertz CT molecular complexity index is 1730. The summed E-state index contributed by atoms with van der Waals surface area (Å²) in [5.74, 6) is 0.151. The number of hydrogen-bond acceptors (Lipinski definition) is 15. The molecule has 0 aliphatic heterocycles. The highest BCUT2D eigenvalue weighted by molar-refractivity contribution is 7.47. The van der Waals surface area contributed by atoms with Crippen LogP contribution in [0.25, 0.3) is 0 Å². The number of aliphatic hydroxyl groups excluding tert-OH is 1. The summed E-state index contributed by atoms with van der Waals surface area (Å²) >= 11 is 0. The third-order valence-electron chi connectivity index (χ3n) is 16.2. The number of carbonyl (C=O) groups is 4. The topological polar surface area (TPSA) is 237 Å². The van der Waals surface area contributed by atoms with Crippen LogP contribution in [0.15, 0.2) is 0 Å². The van der Waals surface area contributed by atoms with Gasteiger partial charge in [-0.15, -0.1) is 0 Å². The van der Waals surface area contributed by atoms with E-state index < -0.39 is 97.5 Å². The van der Waals surface area contributed by atoms with E-state index in [4.69, 9.17) is 37.0 Å². The lowest BCUT2D eigenvalue weighted by atomic mass is 9.99. The monoisotopic (exact) mass is 1300 g/mol. The highest BCUT2D eigenvalue weighted by Gasteiger charge is 2.30. The van der Waals surface area contributed by atoms with E-state index in [0.29, 0.717) is 25.7 Å². The molecule has 19 heteroatoms. The van der Waals surface area contributed by atoms with E-state index in [9.17, 15) is 43.2 Å². The summed E-state index contributed by atoms with van der Waals surface area (Å²) in [5.41, 5.74) is 0. The smallest absolute Gasteiger partial charge is 0.462 e. The first-order valence-corrected chi connectivity index (χ1v) is 38.9. The van der Waals surface area contributed by atoms with Crippen LogP contribution in [-0.4, -0.2) is 96.7 Å². The number of ether oxygens (including phenoxy) is 4. The minimum absolute atomic E-state index is 0.104. The van der Waals surface area contributed by atoms with Gasteiger partial charge in [0.25, 0.3) is 0 Å². The fourth-order valence-corrected chi connectivity index (χ4v) is 11.9. The van der Waals surface area contributed by atoms with Crippen LogP contribution in [-0.2, 0) is 65.4 Å². The molecule has 0 spiro atoms. The summed E-state index contributed by atoms with van der Waals surface area (Å²) < 4.78 is 68.2. The third-order valence-corrected chi connectivity index (χ3v) is 18.1. The Balaban J connectivity index is 5.26. The zero-order valence-electron chi connectivity index (χ0n) is 57.2. The summed E-state index contributed by atoms with van der Waals surface area (Å²) in [6, 6.07) is 0. The van der Waals surface area contributed by atoms with Crippen LogP contribution < -0.4 is 0 Å². The fourth-order valence-electron chi connectivity index (χ4n) is 10.3. The van der Waals surface area contributed by atoms with Crippen molar-refractivity contribution in [2.45, 2.75) is 362 Å². The molecule has 88 heavy (non-hydrogen) atoms. The summed E-state index contributed by atoms with van der Waals surface area (Å²) in [6.07, 6.45) is 42.9. The molecule has 0 aliphatic carbocycles. The Hall–Kier alpha value is -1.94. The van der Waals surface area contributed by atoms with Crippen LogP contribution in [0.5, 0.6) is 0 Å². The molecule has 0 fully saturated rings. The number of unbranched alkanes of at least 4 members (excludes halogenated alkanes) is 34. The number of rotatable bonds is 67. The molecule has 0 rings (SSSR count). The first-order chi connectivity index (χ1) is 42.3. The van der Waals surface area contributed by atoms with Crippen molar-refractivity contribution in [3.05, 3.63) is 0 Å². The zero-order valence-corrected chi connectivity index (χ0v) is 59.0. The molecule has 0 bridgehead atoms. The number of phosphoric acid groups is 2. The molecule has 0 radical (unpaired) electrons. The average molecular weight is 1300 g/mol. The molecule has 0 saturated carbocycles. The van der Waals surface area contributed by atoms with Gasteiger partial charge in [0, 0.05) is 25.7 Å². The molecule has 3 unspecified atom stereocenters. The lowest BCUT2D eigenvalue weighted by Crippen LogP contribution is -2.30. The van der Waals surface area contributed by atoms with Crippen LogP contribution in [0.1, 0.15) is 344 Å². The van der Waals surface area contributed by atoms with Crippen molar-refractivity contribution < 1.29 is 80.2 Å². The van der Waals surface area contributed by atoms with E-state index in [1.807, 2.05) is 0 Å². The maximum absolute atomic E-state index is 13.0. The van der Waals surface area contributed by atoms with E-state index in [0.717, 1.165) is 108 Å². The van der Waals surface area contributed by atoms with Gasteiger partial charge in [0.15, 0.2) is 12.2 Å². The predicted octanol–water partition coefficient (Wildman–Crippen LogP) is 19.5. The highest BCUT2D eigenvalue weighted by atomic mass is 31.2. The maximum Gasteiger partial charge on any atom is 0.472 e. The number of hydrogen-bond donors (Lipinski definition) is 3. The molecule has 3 N–H and O–H groups in total. The van der Waals surface area contributed by atoms with E-state index in [1.165, 1.54) is 154 Å². The van der Waals surface area contributed by atoms with Gasteiger partial charge in [-0.2, -0.15) is 0 Å². The Morgan fingerprint density at radius 1 is 0.330 bits per heavy atom. The van der Waals surface area contributed by atoms with Crippen LogP contribution >= 0.6 is 15.6 Å². The predicted molar refractivity (Wildman–Crippen MR) is 354 cm³/mol. The Morgan fingerprint density at radius 3 is 0.864 bits per heavy atom. The van der Waals surface area contributed by atoms with Crippen molar-refractivity contribution in [1.82, 2.24) is 0 Å². The second-order valence-corrected chi connectivity index (χ2v) is 29.0. The van der Waals surface area contributed by atoms with Gasteiger partial charge >= 0.3 is 39.5 Å². The van der Waals surface area contributed by atoms with Gasteiger partial charge in [-0.3, -0.25) is 37.3 Å². The Kier molecular flexibility index (Phi) is 58.7. The normalized spacial score (nSPS) is 14.5. The number of carbonyl (C=O) groups excluding carboxylic acids is 4. The molecular weight excluding hydrogens is 1160 g/mol. The zero-order chi connectivity index (χ0) is 65.2. The first kappa shape index (κ1) is 86.1. The molecular formula is C69H134O17P2. The minimum atomic E-state index is -4.95. The molecule has 0 aromatic rings. The Morgan fingerprint density at radius 2 is 0.580 bits per heavy atom. The van der Waals surface area contributed by atoms with Gasteiger partial charge in [0.05, 0.1) is 26.4 Å². The van der Waals surface area contributed by atoms with Crippen molar-refractivity contribution in [2.75, 3.05) is 39.6 Å². The van der Waals surface area contributed by atoms with Gasteiger partial charge in [-0.1, -0.05) is 292 Å². The van der Waals surface area contributed by atoms with Gasteiger partial charge in [0.1, 0.15) is 19.3 Å². The van der Waals surface area contributed by atoms with E-state index in [2.05, 4.69) is 48.5 Å². The standard InChI is InChI=1S/C69H134O17P2/c1-8-10-11-12-13-14-21-29-36-43-50-66(71)79-57-65(86-69(74)53-46-39-32-25-24-27-34-41-48-61(5)6)59-84-88(77,78)82-55-63(70)54-81-87(75,76)83-58-64(56-80-67(72)51-44-37-30-22-17-15-19-26-33-40-47-60(3)4)85-68(73)52-45-38-31-23-18-16-20-28-35-42-49-62(7)9-2/h60-65,70H,8-59H2,1-7H3,(H,75,76)(H,77,78)/t62?,63-,64-,65-/m1/s1. The van der Waals surface area contributed by atoms with E-state index in [1.54, 1.807) is 0 Å². The van der Waals surface area contributed by atoms with Gasteiger partial charge in [-0.05, 0) is 43.4 Å². The third kappa shape index (κ3) is 61.6. The summed E-state index contributed by atoms with van der Waals surface area (Å²) in [6.45, 7) is 11.8. The largest absolute Gasteiger partial charge is 0.472 e. The van der Waals surface area contributed by atoms with Crippen molar-refractivity contribution >= 4 is 39.5 Å². The SMILES string of the molecule is CCCCCCCCCCCCC(=O)OC[C@H](COP(=O)(O)OC[C@H](O)COP(=O)(O)OC[C@@H](COC(=O)CCCCCCCCCCCCC(C)C)OC(=O)CCCCCCCCCCCCC(C)CC)OC(=O)CCCCCCCCCCC(C)C. The van der Waals surface area contributed by atoms with Crippen LogP contribution in [0.4, 0.5) is 0 Å². The minimum Gasteiger partial charge on any atom is -0.462 e. The second kappa shape index (κ2) is 60.0. The number of esters is 4. The lowest BCUT2D eigenvalue weighted by Gasteiger charge is -2.21. The quantitative estimate of drug-likeness (QED) is 0.0222. The van der Waals surface area contributed by atoms with E-state index >= 15 is 0 Å². The molecule has 0 saturated heterocycles. The maximum atomic E-state index is 13.0. The fraction of sp³-hybridized carbons (Fsp3) is 0.942. The number of aliphatic hydroxyl groups is 1. The molecule has 0 aromatic heterocycles. The molecule has 6 atom stereocenters. The highest BCUT2D eigenvalue weighted by Crippen LogP contribution is 2.45. The van der Waals surface area contributed by atoms with Crippen molar-refractivity contribution in [2.24, 2.45) is 17.8 Å². The van der Waals surface area contributed by atoms with Crippen molar-refractivity contribution in [3.8, 4) is 0 Å². The molecule has 0 aromatic carbocycles. The van der Waals surface area contributed by atoms with Gasteiger partial charge in [0.2, 0.25) is 0 Å². The second-order valence-electron chi connectivity index (χ2n) is 26.1.